The molecule has 0 amide bonds. The fourth-order valence-electron chi connectivity index (χ4n) is 1.37. The van der Waals surface area contributed by atoms with Crippen LogP contribution in [0.5, 0.6) is 0 Å². The molecular weight excluding hydrogens is 210 g/mol. The maximum atomic E-state index is 5.48. The van der Waals surface area contributed by atoms with Gasteiger partial charge in [-0.25, -0.2) is 9.97 Å². The van der Waals surface area contributed by atoms with Crippen LogP contribution in [0.2, 0.25) is 0 Å². The minimum absolute atomic E-state index is 0.291. The van der Waals surface area contributed by atoms with E-state index in [4.69, 9.17) is 5.73 Å². The van der Waals surface area contributed by atoms with Crippen LogP contribution in [0.1, 0.15) is 11.3 Å². The number of anilines is 1. The summed E-state index contributed by atoms with van der Waals surface area (Å²) < 4.78 is 0. The number of allylic oxidation sites excluding steroid dienone is 2. The Hall–Kier alpha value is -2.42. The third-order valence-corrected chi connectivity index (χ3v) is 2.16. The molecule has 84 valence electrons. The van der Waals surface area contributed by atoms with Gasteiger partial charge in [-0.1, -0.05) is 48.6 Å². The highest BCUT2D eigenvalue weighted by Crippen LogP contribution is 2.03. The second kappa shape index (κ2) is 5.61. The van der Waals surface area contributed by atoms with Crippen molar-refractivity contribution in [1.29, 1.82) is 0 Å². The van der Waals surface area contributed by atoms with E-state index in [1.54, 1.807) is 6.20 Å². The maximum Gasteiger partial charge on any atom is 0.220 e. The molecule has 3 nitrogen and oxygen atoms in total. The van der Waals surface area contributed by atoms with E-state index >= 15 is 0 Å². The molecular formula is C14H13N3. The minimum atomic E-state index is 0.291. The fourth-order valence-corrected chi connectivity index (χ4v) is 1.37. The SMILES string of the molecule is Nc1nccc(C=CC=Cc2ccccc2)n1. The predicted molar refractivity (Wildman–Crippen MR) is 71.0 cm³/mol. The van der Waals surface area contributed by atoms with Crippen molar-refractivity contribution in [2.75, 3.05) is 5.73 Å². The summed E-state index contributed by atoms with van der Waals surface area (Å²) in [7, 11) is 0. The van der Waals surface area contributed by atoms with Gasteiger partial charge in [-0.05, 0) is 17.7 Å². The third kappa shape index (κ3) is 3.57. The summed E-state index contributed by atoms with van der Waals surface area (Å²) in [5.41, 5.74) is 7.45. The van der Waals surface area contributed by atoms with E-state index in [0.717, 1.165) is 5.69 Å². The van der Waals surface area contributed by atoms with E-state index in [9.17, 15) is 0 Å². The van der Waals surface area contributed by atoms with Gasteiger partial charge in [0.25, 0.3) is 0 Å². The van der Waals surface area contributed by atoms with Crippen LogP contribution in [0.4, 0.5) is 5.95 Å². The molecule has 3 heteroatoms. The molecule has 2 aromatic rings. The standard InChI is InChI=1S/C14H13N3/c15-14-16-11-10-13(17-14)9-5-4-8-12-6-2-1-3-7-12/h1-11H,(H2,15,16,17). The van der Waals surface area contributed by atoms with Crippen molar-refractivity contribution in [3.05, 3.63) is 66.0 Å². The zero-order valence-electron chi connectivity index (χ0n) is 9.32. The average Bonchev–Trinajstić information content (AvgIpc) is 2.36. The molecule has 0 fully saturated rings. The molecule has 0 bridgehead atoms. The second-order valence-corrected chi connectivity index (χ2v) is 3.47. The molecule has 0 unspecified atom stereocenters. The first-order chi connectivity index (χ1) is 8.34. The Morgan fingerprint density at radius 3 is 2.47 bits per heavy atom. The lowest BCUT2D eigenvalue weighted by Gasteiger charge is -1.92. The summed E-state index contributed by atoms with van der Waals surface area (Å²) in [5, 5.41) is 0. The van der Waals surface area contributed by atoms with E-state index in [0.29, 0.717) is 5.95 Å². The van der Waals surface area contributed by atoms with Gasteiger partial charge in [0.05, 0.1) is 5.69 Å². The van der Waals surface area contributed by atoms with Crippen LogP contribution in [-0.4, -0.2) is 9.97 Å². The van der Waals surface area contributed by atoms with Crippen LogP contribution < -0.4 is 5.73 Å². The highest BCUT2D eigenvalue weighted by molar-refractivity contribution is 5.55. The van der Waals surface area contributed by atoms with Gasteiger partial charge >= 0.3 is 0 Å². The lowest BCUT2D eigenvalue weighted by atomic mass is 10.2. The number of nitrogens with two attached hydrogens (primary N) is 1. The van der Waals surface area contributed by atoms with Gasteiger partial charge in [0, 0.05) is 6.20 Å². The lowest BCUT2D eigenvalue weighted by Crippen LogP contribution is -1.94. The Morgan fingerprint density at radius 1 is 0.941 bits per heavy atom. The van der Waals surface area contributed by atoms with Gasteiger partial charge in [0.2, 0.25) is 5.95 Å². The van der Waals surface area contributed by atoms with Crippen LogP contribution in [0.25, 0.3) is 12.2 Å². The molecule has 0 saturated heterocycles. The molecule has 0 saturated carbocycles. The fraction of sp³-hybridized carbons (Fsp3) is 0. The Bertz CT molecular complexity index is 530. The molecule has 1 aromatic heterocycles. The summed E-state index contributed by atoms with van der Waals surface area (Å²) in [6, 6.07) is 11.9. The first-order valence-electron chi connectivity index (χ1n) is 5.33. The largest absolute Gasteiger partial charge is 0.368 e. The monoisotopic (exact) mass is 223 g/mol. The first kappa shape index (κ1) is 11.1. The number of aromatic nitrogens is 2. The van der Waals surface area contributed by atoms with Crippen molar-refractivity contribution in [2.45, 2.75) is 0 Å². The number of hydrogen-bond acceptors (Lipinski definition) is 3. The number of nitrogens with zero attached hydrogens (tertiary/aromatic N) is 2. The van der Waals surface area contributed by atoms with E-state index in [-0.39, 0.29) is 0 Å². The van der Waals surface area contributed by atoms with E-state index in [2.05, 4.69) is 9.97 Å². The summed E-state index contributed by atoms with van der Waals surface area (Å²) in [6.07, 6.45) is 9.45. The normalized spacial score (nSPS) is 11.3. The minimum Gasteiger partial charge on any atom is -0.368 e. The van der Waals surface area contributed by atoms with Gasteiger partial charge in [-0.3, -0.25) is 0 Å². The van der Waals surface area contributed by atoms with Crippen LogP contribution in [0, 0.1) is 0 Å². The molecule has 0 aliphatic heterocycles. The number of rotatable bonds is 3. The van der Waals surface area contributed by atoms with Crippen molar-refractivity contribution in [3.8, 4) is 0 Å². The molecule has 1 heterocycles. The van der Waals surface area contributed by atoms with Crippen molar-refractivity contribution >= 4 is 18.1 Å². The second-order valence-electron chi connectivity index (χ2n) is 3.47. The van der Waals surface area contributed by atoms with Crippen LogP contribution in [0.3, 0.4) is 0 Å². The highest BCUT2D eigenvalue weighted by Gasteiger charge is 1.88. The van der Waals surface area contributed by atoms with E-state index in [1.807, 2.05) is 60.7 Å². The quantitative estimate of drug-likeness (QED) is 0.814. The predicted octanol–water partition coefficient (Wildman–Crippen LogP) is 2.79. The number of hydrogen-bond donors (Lipinski definition) is 1. The summed E-state index contributed by atoms with van der Waals surface area (Å²) in [4.78, 5) is 7.89. The van der Waals surface area contributed by atoms with E-state index in [1.165, 1.54) is 5.56 Å². The van der Waals surface area contributed by atoms with Crippen LogP contribution in [0.15, 0.2) is 54.7 Å². The smallest absolute Gasteiger partial charge is 0.220 e. The molecule has 2 N–H and O–H groups in total. The maximum absolute atomic E-state index is 5.48. The molecule has 17 heavy (non-hydrogen) atoms. The molecule has 0 atom stereocenters. The summed E-state index contributed by atoms with van der Waals surface area (Å²) in [5.74, 6) is 0.291. The third-order valence-electron chi connectivity index (χ3n) is 2.16. The van der Waals surface area contributed by atoms with Gasteiger partial charge in [0.15, 0.2) is 0 Å². The van der Waals surface area contributed by atoms with Gasteiger partial charge in [-0.2, -0.15) is 0 Å². The number of nitrogen functional groups attached to an aromatic ring is 1. The molecule has 1 aromatic carbocycles. The molecule has 0 aliphatic carbocycles. The van der Waals surface area contributed by atoms with Crippen molar-refractivity contribution in [3.63, 3.8) is 0 Å². The van der Waals surface area contributed by atoms with Crippen LogP contribution >= 0.6 is 0 Å². The van der Waals surface area contributed by atoms with E-state index < -0.39 is 0 Å². The molecule has 0 radical (unpaired) electrons. The van der Waals surface area contributed by atoms with Crippen molar-refractivity contribution in [2.24, 2.45) is 0 Å². The van der Waals surface area contributed by atoms with Crippen molar-refractivity contribution < 1.29 is 0 Å². The highest BCUT2D eigenvalue weighted by atomic mass is 15.0. The summed E-state index contributed by atoms with van der Waals surface area (Å²) >= 11 is 0. The zero-order chi connectivity index (χ0) is 11.9. The van der Waals surface area contributed by atoms with Gasteiger partial charge in [0.1, 0.15) is 0 Å². The Morgan fingerprint density at radius 2 is 1.71 bits per heavy atom. The Balaban J connectivity index is 2.01. The Kier molecular flexibility index (Phi) is 3.65. The Labute approximate surface area is 100 Å². The molecule has 0 aliphatic rings. The van der Waals surface area contributed by atoms with Gasteiger partial charge < -0.3 is 5.73 Å². The van der Waals surface area contributed by atoms with Crippen molar-refractivity contribution in [1.82, 2.24) is 9.97 Å². The number of benzene rings is 1. The topological polar surface area (TPSA) is 51.8 Å². The van der Waals surface area contributed by atoms with Gasteiger partial charge in [-0.15, -0.1) is 0 Å². The first-order valence-corrected chi connectivity index (χ1v) is 5.33. The zero-order valence-corrected chi connectivity index (χ0v) is 9.32. The average molecular weight is 223 g/mol. The van der Waals surface area contributed by atoms with Crippen LogP contribution in [-0.2, 0) is 0 Å². The molecule has 2 rings (SSSR count). The molecule has 0 spiro atoms. The lowest BCUT2D eigenvalue weighted by molar-refractivity contribution is 1.17. The summed E-state index contributed by atoms with van der Waals surface area (Å²) in [6.45, 7) is 0.